The van der Waals surface area contributed by atoms with E-state index in [9.17, 15) is 9.59 Å². The van der Waals surface area contributed by atoms with Crippen molar-refractivity contribution < 1.29 is 9.59 Å². The van der Waals surface area contributed by atoms with Gasteiger partial charge in [-0.3, -0.25) is 9.59 Å². The van der Waals surface area contributed by atoms with Crippen molar-refractivity contribution in [1.82, 2.24) is 20.4 Å². The maximum Gasteiger partial charge on any atom is 0.238 e. The highest BCUT2D eigenvalue weighted by molar-refractivity contribution is 5.86. The quantitative estimate of drug-likeness (QED) is 0.585. The fraction of sp³-hybridized carbons (Fsp3) is 0.778. The Morgan fingerprint density at radius 3 is 1.80 bits per heavy atom. The van der Waals surface area contributed by atoms with Crippen LogP contribution < -0.4 is 10.6 Å². The molecule has 0 unspecified atom stereocenters. The summed E-state index contributed by atoms with van der Waals surface area (Å²) in [4.78, 5) is 26.7. The van der Waals surface area contributed by atoms with Gasteiger partial charge >= 0.3 is 0 Å². The van der Waals surface area contributed by atoms with Crippen LogP contribution in [0.4, 0.5) is 0 Å². The zero-order valence-electron chi connectivity index (χ0n) is 9.04. The molecule has 1 spiro atoms. The normalized spacial score (nSPS) is 26.0. The topological polar surface area (TPSA) is 64.7 Å². The van der Waals surface area contributed by atoms with Crippen molar-refractivity contribution in [2.24, 2.45) is 0 Å². The van der Waals surface area contributed by atoms with Gasteiger partial charge in [0.2, 0.25) is 17.7 Å². The Morgan fingerprint density at radius 2 is 1.47 bits per heavy atom. The Hall–Kier alpha value is -1.14. The molecule has 0 radical (unpaired) electrons. The van der Waals surface area contributed by atoms with Crippen molar-refractivity contribution in [3.63, 3.8) is 0 Å². The number of carbonyl (C=O) groups excluding carboxylic acids is 2. The van der Waals surface area contributed by atoms with Crippen LogP contribution in [0.3, 0.4) is 0 Å². The number of rotatable bonds is 2. The molecule has 15 heavy (non-hydrogen) atoms. The highest BCUT2D eigenvalue weighted by Gasteiger charge is 2.53. The third-order valence-electron chi connectivity index (χ3n) is 2.98. The summed E-state index contributed by atoms with van der Waals surface area (Å²) in [6.07, 6.45) is 0. The predicted molar refractivity (Wildman–Crippen MR) is 53.5 cm³/mol. The molecule has 0 aromatic heterocycles. The maximum atomic E-state index is 11.4. The van der Waals surface area contributed by atoms with Gasteiger partial charge in [-0.2, -0.15) is 0 Å². The van der Waals surface area contributed by atoms with Gasteiger partial charge in [0.15, 0.2) is 0 Å². The highest BCUT2D eigenvalue weighted by atomic mass is 16.2. The zero-order valence-corrected chi connectivity index (χ0v) is 9.04. The van der Waals surface area contributed by atoms with E-state index in [1.807, 2.05) is 23.6 Å². The zero-order chi connectivity index (χ0) is 11.1. The van der Waals surface area contributed by atoms with Crippen molar-refractivity contribution >= 4 is 11.8 Å². The van der Waals surface area contributed by atoms with E-state index in [2.05, 4.69) is 10.6 Å². The minimum Gasteiger partial charge on any atom is -0.306 e. The van der Waals surface area contributed by atoms with E-state index in [0.717, 1.165) is 13.1 Å². The average Bonchev–Trinajstić information content (AvgIpc) is 2.67. The van der Waals surface area contributed by atoms with Crippen LogP contribution in [0.1, 0.15) is 13.8 Å². The molecule has 2 aliphatic rings. The summed E-state index contributed by atoms with van der Waals surface area (Å²) >= 11 is 0. The molecule has 6 heteroatoms. The summed E-state index contributed by atoms with van der Waals surface area (Å²) in [6.45, 7) is 6.06. The molecule has 2 saturated heterocycles. The Bertz CT molecular complexity index is 274. The van der Waals surface area contributed by atoms with Crippen molar-refractivity contribution in [3.8, 4) is 0 Å². The minimum absolute atomic E-state index is 0.0440. The van der Waals surface area contributed by atoms with Gasteiger partial charge in [-0.25, -0.2) is 9.80 Å². The first kappa shape index (κ1) is 10.4. The van der Waals surface area contributed by atoms with Crippen molar-refractivity contribution in [3.05, 3.63) is 0 Å². The third-order valence-corrected chi connectivity index (χ3v) is 2.98. The number of nitrogens with zero attached hydrogens (tertiary/aromatic N) is 2. The SMILES string of the molecule is CCN1CC(=O)NC12NC(=O)CN2CC. The fourth-order valence-corrected chi connectivity index (χ4v) is 2.27. The van der Waals surface area contributed by atoms with Crippen LogP contribution >= 0.6 is 0 Å². The molecule has 84 valence electrons. The highest BCUT2D eigenvalue weighted by Crippen LogP contribution is 2.23. The molecule has 0 aliphatic carbocycles. The molecule has 2 aliphatic heterocycles. The lowest BCUT2D eigenvalue weighted by molar-refractivity contribution is -0.120. The second kappa shape index (κ2) is 3.46. The van der Waals surface area contributed by atoms with Crippen molar-refractivity contribution in [2.45, 2.75) is 19.8 Å². The molecule has 2 N–H and O–H groups in total. The van der Waals surface area contributed by atoms with E-state index in [-0.39, 0.29) is 11.8 Å². The smallest absolute Gasteiger partial charge is 0.238 e. The molecule has 2 heterocycles. The molecule has 0 saturated carbocycles. The summed E-state index contributed by atoms with van der Waals surface area (Å²) in [5.74, 6) is -0.854. The van der Waals surface area contributed by atoms with E-state index >= 15 is 0 Å². The molecule has 0 aromatic carbocycles. The van der Waals surface area contributed by atoms with Gasteiger partial charge in [0.1, 0.15) is 0 Å². The summed E-state index contributed by atoms with van der Waals surface area (Å²) in [7, 11) is 0. The van der Waals surface area contributed by atoms with Gasteiger partial charge in [-0.15, -0.1) is 0 Å². The van der Waals surface area contributed by atoms with Gasteiger partial charge in [-0.1, -0.05) is 13.8 Å². The monoisotopic (exact) mass is 212 g/mol. The molecule has 0 aromatic rings. The van der Waals surface area contributed by atoms with E-state index < -0.39 is 5.91 Å². The largest absolute Gasteiger partial charge is 0.306 e. The first-order valence-corrected chi connectivity index (χ1v) is 5.24. The molecule has 6 nitrogen and oxygen atoms in total. The summed E-state index contributed by atoms with van der Waals surface area (Å²) in [6, 6.07) is 0. The molecular weight excluding hydrogens is 196 g/mol. The Kier molecular flexibility index (Phi) is 2.40. The van der Waals surface area contributed by atoms with Crippen LogP contribution in [-0.4, -0.2) is 53.7 Å². The van der Waals surface area contributed by atoms with Crippen LogP contribution in [0.15, 0.2) is 0 Å². The summed E-state index contributed by atoms with van der Waals surface area (Å²) < 4.78 is 0. The molecular formula is C9H16N4O2. The number of likely N-dealkylation sites (N-methyl/N-ethyl adjacent to an activating group) is 2. The van der Waals surface area contributed by atoms with Gasteiger partial charge in [0.05, 0.1) is 13.1 Å². The summed E-state index contributed by atoms with van der Waals surface area (Å²) in [5, 5.41) is 5.69. The van der Waals surface area contributed by atoms with Gasteiger partial charge in [0.25, 0.3) is 0 Å². The Labute approximate surface area is 88.6 Å². The van der Waals surface area contributed by atoms with Gasteiger partial charge in [-0.05, 0) is 0 Å². The lowest BCUT2D eigenvalue weighted by Crippen LogP contribution is -2.67. The predicted octanol–water partition coefficient (Wildman–Crippen LogP) is -1.50. The number of nitrogens with one attached hydrogen (secondary N) is 2. The average molecular weight is 212 g/mol. The van der Waals surface area contributed by atoms with E-state index in [0.29, 0.717) is 13.1 Å². The lowest BCUT2D eigenvalue weighted by atomic mass is 10.4. The van der Waals surface area contributed by atoms with E-state index in [1.54, 1.807) is 0 Å². The molecule has 2 rings (SSSR count). The van der Waals surface area contributed by atoms with Crippen LogP contribution in [0, 0.1) is 0 Å². The second-order valence-electron chi connectivity index (χ2n) is 3.80. The number of hydrogen-bond donors (Lipinski definition) is 2. The Morgan fingerprint density at radius 1 is 1.07 bits per heavy atom. The molecule has 0 atom stereocenters. The van der Waals surface area contributed by atoms with E-state index in [4.69, 9.17) is 0 Å². The van der Waals surface area contributed by atoms with Crippen LogP contribution in [-0.2, 0) is 9.59 Å². The second-order valence-corrected chi connectivity index (χ2v) is 3.80. The van der Waals surface area contributed by atoms with Gasteiger partial charge < -0.3 is 10.6 Å². The minimum atomic E-state index is -0.766. The Balaban J connectivity index is 2.30. The number of carbonyl (C=O) groups is 2. The standard InChI is InChI=1S/C9H16N4O2/c1-3-12-5-7(14)10-9(12)11-8(15)6-13(9)4-2/h3-6H2,1-2H3,(H,10,14)(H,11,15). The molecule has 2 amide bonds. The van der Waals surface area contributed by atoms with Gasteiger partial charge in [0, 0.05) is 13.1 Å². The lowest BCUT2D eigenvalue weighted by Gasteiger charge is -2.39. The van der Waals surface area contributed by atoms with Crippen LogP contribution in [0.2, 0.25) is 0 Å². The molecule has 0 bridgehead atoms. The van der Waals surface area contributed by atoms with Crippen LogP contribution in [0.5, 0.6) is 0 Å². The first-order chi connectivity index (χ1) is 7.12. The van der Waals surface area contributed by atoms with E-state index in [1.165, 1.54) is 0 Å². The van der Waals surface area contributed by atoms with Crippen molar-refractivity contribution in [2.75, 3.05) is 26.2 Å². The summed E-state index contributed by atoms with van der Waals surface area (Å²) in [5.41, 5.74) is 0. The van der Waals surface area contributed by atoms with Crippen molar-refractivity contribution in [1.29, 1.82) is 0 Å². The maximum absolute atomic E-state index is 11.4. The fourth-order valence-electron chi connectivity index (χ4n) is 2.27. The number of hydrogen-bond acceptors (Lipinski definition) is 4. The number of amides is 2. The molecule has 2 fully saturated rings. The first-order valence-electron chi connectivity index (χ1n) is 5.24. The van der Waals surface area contributed by atoms with Crippen LogP contribution in [0.25, 0.3) is 0 Å². The third kappa shape index (κ3) is 1.40.